The van der Waals surface area contributed by atoms with Crippen molar-refractivity contribution in [3.05, 3.63) is 47.9 Å². The molecule has 0 aliphatic heterocycles. The van der Waals surface area contributed by atoms with Crippen LogP contribution in [0, 0.1) is 11.7 Å². The van der Waals surface area contributed by atoms with E-state index in [1.165, 1.54) is 43.7 Å². The largest absolute Gasteiger partial charge is 0.494 e. The van der Waals surface area contributed by atoms with Crippen LogP contribution in [0.5, 0.6) is 5.75 Å². The van der Waals surface area contributed by atoms with E-state index in [0.717, 1.165) is 12.3 Å². The van der Waals surface area contributed by atoms with E-state index in [1.54, 1.807) is 6.07 Å². The van der Waals surface area contributed by atoms with Crippen LogP contribution in [0.15, 0.2) is 36.5 Å². The summed E-state index contributed by atoms with van der Waals surface area (Å²) in [6.45, 7) is 4.92. The summed E-state index contributed by atoms with van der Waals surface area (Å²) in [5.41, 5.74) is 2.51. The number of hydrogen-bond donors (Lipinski definition) is 0. The maximum Gasteiger partial charge on any atom is 0.136 e. The van der Waals surface area contributed by atoms with Gasteiger partial charge in [-0.3, -0.25) is 4.98 Å². The Labute approximate surface area is 150 Å². The number of hydrogen-bond acceptors (Lipinski definition) is 2. The van der Waals surface area contributed by atoms with E-state index < -0.39 is 0 Å². The molecule has 134 valence electrons. The number of halogens is 1. The maximum atomic E-state index is 14.4. The lowest BCUT2D eigenvalue weighted by atomic mass is 9.78. The summed E-state index contributed by atoms with van der Waals surface area (Å²) in [6.07, 6.45) is 9.27. The highest BCUT2D eigenvalue weighted by Crippen LogP contribution is 2.37. The summed E-state index contributed by atoms with van der Waals surface area (Å²) < 4.78 is 19.9. The van der Waals surface area contributed by atoms with E-state index in [9.17, 15) is 4.39 Å². The SMILES string of the molecule is CCCOc1ccc(-c2ccc([C@H]3CC[C@H](CC)CC3)cn2)c(F)c1. The molecule has 1 aliphatic carbocycles. The van der Waals surface area contributed by atoms with Gasteiger partial charge in [-0.2, -0.15) is 0 Å². The van der Waals surface area contributed by atoms with E-state index in [1.807, 2.05) is 25.3 Å². The summed E-state index contributed by atoms with van der Waals surface area (Å²) in [4.78, 5) is 4.54. The van der Waals surface area contributed by atoms with Gasteiger partial charge in [-0.05, 0) is 67.7 Å². The summed E-state index contributed by atoms with van der Waals surface area (Å²) in [5, 5.41) is 0. The third kappa shape index (κ3) is 4.39. The van der Waals surface area contributed by atoms with Gasteiger partial charge < -0.3 is 4.74 Å². The number of pyridine rings is 1. The minimum absolute atomic E-state index is 0.280. The van der Waals surface area contributed by atoms with Gasteiger partial charge in [0.05, 0.1) is 12.3 Å². The average Bonchev–Trinajstić information content (AvgIpc) is 2.67. The number of benzene rings is 1. The van der Waals surface area contributed by atoms with Crippen molar-refractivity contribution in [2.75, 3.05) is 6.61 Å². The zero-order chi connectivity index (χ0) is 17.6. The minimum Gasteiger partial charge on any atom is -0.494 e. The first-order valence-electron chi connectivity index (χ1n) is 9.60. The Bertz CT molecular complexity index is 675. The van der Waals surface area contributed by atoms with Crippen LogP contribution in [0.4, 0.5) is 4.39 Å². The summed E-state index contributed by atoms with van der Waals surface area (Å²) in [5.74, 6) is 1.80. The maximum absolute atomic E-state index is 14.4. The first-order chi connectivity index (χ1) is 12.2. The summed E-state index contributed by atoms with van der Waals surface area (Å²) in [7, 11) is 0. The van der Waals surface area contributed by atoms with Gasteiger partial charge in [-0.15, -0.1) is 0 Å². The van der Waals surface area contributed by atoms with Crippen molar-refractivity contribution < 1.29 is 9.13 Å². The molecule has 0 unspecified atom stereocenters. The lowest BCUT2D eigenvalue weighted by Gasteiger charge is -2.27. The van der Waals surface area contributed by atoms with E-state index in [0.29, 0.717) is 29.5 Å². The Hall–Kier alpha value is -1.90. The summed E-state index contributed by atoms with van der Waals surface area (Å²) >= 11 is 0. The zero-order valence-corrected chi connectivity index (χ0v) is 15.3. The minimum atomic E-state index is -0.280. The highest BCUT2D eigenvalue weighted by Gasteiger charge is 2.21. The molecule has 0 N–H and O–H groups in total. The Kier molecular flexibility index (Phi) is 6.06. The highest BCUT2D eigenvalue weighted by molar-refractivity contribution is 5.61. The van der Waals surface area contributed by atoms with Gasteiger partial charge in [0, 0.05) is 17.8 Å². The summed E-state index contributed by atoms with van der Waals surface area (Å²) in [6, 6.07) is 9.10. The van der Waals surface area contributed by atoms with E-state index >= 15 is 0 Å². The predicted octanol–water partition coefficient (Wildman–Crippen LogP) is 6.36. The van der Waals surface area contributed by atoms with Crippen LogP contribution in [0.1, 0.15) is 63.9 Å². The molecule has 0 radical (unpaired) electrons. The van der Waals surface area contributed by atoms with Gasteiger partial charge in [0.25, 0.3) is 0 Å². The smallest absolute Gasteiger partial charge is 0.136 e. The lowest BCUT2D eigenvalue weighted by Crippen LogP contribution is -2.12. The number of ether oxygens (including phenoxy) is 1. The van der Waals surface area contributed by atoms with Gasteiger partial charge >= 0.3 is 0 Å². The molecule has 0 atom stereocenters. The Morgan fingerprint density at radius 1 is 1.08 bits per heavy atom. The molecule has 1 aliphatic rings. The standard InChI is InChI=1S/C22H28FNO/c1-3-13-25-19-10-11-20(21(23)14-19)22-12-9-18(15-24-22)17-7-5-16(4-2)6-8-17/h9-12,14-17H,3-8,13H2,1-2H3/t16-,17-. The van der Waals surface area contributed by atoms with Crippen LogP contribution in [0.25, 0.3) is 11.3 Å². The second-order valence-electron chi connectivity index (χ2n) is 7.09. The van der Waals surface area contributed by atoms with Crippen LogP contribution >= 0.6 is 0 Å². The fourth-order valence-electron chi connectivity index (χ4n) is 3.72. The van der Waals surface area contributed by atoms with Crippen molar-refractivity contribution >= 4 is 0 Å². The molecule has 2 nitrogen and oxygen atoms in total. The normalized spacial score (nSPS) is 20.4. The van der Waals surface area contributed by atoms with Crippen molar-refractivity contribution in [3.63, 3.8) is 0 Å². The lowest BCUT2D eigenvalue weighted by molar-refractivity contribution is 0.316. The molecule has 2 aromatic rings. The molecule has 1 heterocycles. The molecular formula is C22H28FNO. The molecule has 0 spiro atoms. The van der Waals surface area contributed by atoms with Crippen LogP contribution in [0.2, 0.25) is 0 Å². The molecule has 3 rings (SSSR count). The second-order valence-corrected chi connectivity index (χ2v) is 7.09. The average molecular weight is 341 g/mol. The van der Waals surface area contributed by atoms with E-state index in [4.69, 9.17) is 4.74 Å². The molecule has 0 bridgehead atoms. The molecule has 0 amide bonds. The molecular weight excluding hydrogens is 313 g/mol. The monoisotopic (exact) mass is 341 g/mol. The first kappa shape index (κ1) is 17.9. The second kappa shape index (κ2) is 8.46. The third-order valence-electron chi connectivity index (χ3n) is 5.37. The fourth-order valence-corrected chi connectivity index (χ4v) is 3.72. The van der Waals surface area contributed by atoms with Gasteiger partial charge in [0.15, 0.2) is 0 Å². The number of rotatable bonds is 6. The van der Waals surface area contributed by atoms with Crippen molar-refractivity contribution in [2.24, 2.45) is 5.92 Å². The molecule has 1 aromatic heterocycles. The zero-order valence-electron chi connectivity index (χ0n) is 15.3. The number of aromatic nitrogens is 1. The van der Waals surface area contributed by atoms with Gasteiger partial charge in [0.1, 0.15) is 11.6 Å². The Morgan fingerprint density at radius 2 is 1.88 bits per heavy atom. The van der Waals surface area contributed by atoms with Gasteiger partial charge in [0.2, 0.25) is 0 Å². The Balaban J connectivity index is 1.70. The number of nitrogens with zero attached hydrogens (tertiary/aromatic N) is 1. The van der Waals surface area contributed by atoms with Gasteiger partial charge in [-0.25, -0.2) is 4.39 Å². The Morgan fingerprint density at radius 3 is 2.48 bits per heavy atom. The fraction of sp³-hybridized carbons (Fsp3) is 0.500. The topological polar surface area (TPSA) is 22.1 Å². The van der Waals surface area contributed by atoms with Crippen LogP contribution in [0.3, 0.4) is 0 Å². The molecule has 25 heavy (non-hydrogen) atoms. The molecule has 0 saturated heterocycles. The predicted molar refractivity (Wildman–Crippen MR) is 100 cm³/mol. The molecule has 1 fully saturated rings. The third-order valence-corrected chi connectivity index (χ3v) is 5.37. The quantitative estimate of drug-likeness (QED) is 0.610. The van der Waals surface area contributed by atoms with Crippen molar-refractivity contribution in [1.29, 1.82) is 0 Å². The van der Waals surface area contributed by atoms with Crippen molar-refractivity contribution in [1.82, 2.24) is 4.98 Å². The van der Waals surface area contributed by atoms with Crippen LogP contribution < -0.4 is 4.74 Å². The highest BCUT2D eigenvalue weighted by atomic mass is 19.1. The molecule has 3 heteroatoms. The van der Waals surface area contributed by atoms with Crippen LogP contribution in [-0.2, 0) is 0 Å². The van der Waals surface area contributed by atoms with Crippen molar-refractivity contribution in [2.45, 2.75) is 58.3 Å². The van der Waals surface area contributed by atoms with Gasteiger partial charge in [-0.1, -0.05) is 26.3 Å². The van der Waals surface area contributed by atoms with E-state index in [2.05, 4.69) is 18.0 Å². The van der Waals surface area contributed by atoms with E-state index in [-0.39, 0.29) is 5.82 Å². The molecule has 1 aromatic carbocycles. The van der Waals surface area contributed by atoms with Crippen LogP contribution in [-0.4, -0.2) is 11.6 Å². The molecule has 1 saturated carbocycles. The first-order valence-corrected chi connectivity index (χ1v) is 9.60. The van der Waals surface area contributed by atoms with Crippen molar-refractivity contribution in [3.8, 4) is 17.0 Å².